The van der Waals surface area contributed by atoms with Crippen molar-refractivity contribution in [1.29, 1.82) is 0 Å². The predicted molar refractivity (Wildman–Crippen MR) is 71.4 cm³/mol. The minimum Gasteiger partial charge on any atom is -0.497 e. The van der Waals surface area contributed by atoms with Gasteiger partial charge in [-0.2, -0.15) is 0 Å². The Labute approximate surface area is 112 Å². The zero-order chi connectivity index (χ0) is 14.5. The monoisotopic (exact) mass is 265 g/mol. The van der Waals surface area contributed by atoms with Gasteiger partial charge in [-0.3, -0.25) is 4.79 Å². The molecule has 0 unspecified atom stereocenters. The summed E-state index contributed by atoms with van der Waals surface area (Å²) in [6.45, 7) is 3.48. The minimum absolute atomic E-state index is 0.328. The van der Waals surface area contributed by atoms with Crippen LogP contribution in [0.5, 0.6) is 5.75 Å². The number of carboxylic acid groups (broad SMARTS) is 1. The molecule has 0 spiro atoms. The summed E-state index contributed by atoms with van der Waals surface area (Å²) in [4.78, 5) is 23.5. The lowest BCUT2D eigenvalue weighted by Gasteiger charge is -2.28. The second-order valence-electron chi connectivity index (χ2n) is 4.28. The lowest BCUT2D eigenvalue weighted by molar-refractivity contribution is -0.144. The molecule has 2 N–H and O–H groups in total. The molecule has 104 valence electrons. The molecule has 0 atom stereocenters. The van der Waals surface area contributed by atoms with Gasteiger partial charge in [0.05, 0.1) is 7.11 Å². The van der Waals surface area contributed by atoms with Crippen LogP contribution in [-0.4, -0.2) is 29.6 Å². The molecule has 0 heterocycles. The molecular formula is C14H19NO4. The summed E-state index contributed by atoms with van der Waals surface area (Å²) in [6, 6.07) is 6.61. The molecule has 0 aliphatic carbocycles. The van der Waals surface area contributed by atoms with E-state index in [9.17, 15) is 14.7 Å². The van der Waals surface area contributed by atoms with Crippen molar-refractivity contribution in [2.24, 2.45) is 0 Å². The molecule has 0 fully saturated rings. The van der Waals surface area contributed by atoms with Crippen LogP contribution >= 0.6 is 0 Å². The highest BCUT2D eigenvalue weighted by Gasteiger charge is 2.36. The van der Waals surface area contributed by atoms with Crippen molar-refractivity contribution in [1.82, 2.24) is 5.32 Å². The molecule has 0 saturated carbocycles. The number of carbonyl (C=O) groups excluding carboxylic acids is 1. The quantitative estimate of drug-likeness (QED) is 0.825. The van der Waals surface area contributed by atoms with E-state index in [4.69, 9.17) is 4.74 Å². The zero-order valence-corrected chi connectivity index (χ0v) is 11.4. The van der Waals surface area contributed by atoms with Crippen LogP contribution in [-0.2, 0) is 4.79 Å². The molecule has 0 radical (unpaired) electrons. The van der Waals surface area contributed by atoms with E-state index < -0.39 is 17.4 Å². The van der Waals surface area contributed by atoms with E-state index in [1.165, 1.54) is 7.11 Å². The van der Waals surface area contributed by atoms with E-state index in [0.717, 1.165) is 0 Å². The Kier molecular flexibility index (Phi) is 4.92. The molecule has 0 bridgehead atoms. The second kappa shape index (κ2) is 6.22. The molecule has 0 aliphatic rings. The molecular weight excluding hydrogens is 246 g/mol. The third-order valence-corrected chi connectivity index (χ3v) is 3.30. The fourth-order valence-electron chi connectivity index (χ4n) is 1.84. The van der Waals surface area contributed by atoms with Crippen LogP contribution in [0.4, 0.5) is 0 Å². The van der Waals surface area contributed by atoms with Gasteiger partial charge in [-0.1, -0.05) is 19.9 Å². The van der Waals surface area contributed by atoms with Crippen LogP contribution in [0.25, 0.3) is 0 Å². The molecule has 0 saturated heterocycles. The van der Waals surface area contributed by atoms with Crippen LogP contribution in [0.1, 0.15) is 37.0 Å². The largest absolute Gasteiger partial charge is 0.497 e. The molecule has 5 nitrogen and oxygen atoms in total. The van der Waals surface area contributed by atoms with Gasteiger partial charge in [0.1, 0.15) is 11.3 Å². The van der Waals surface area contributed by atoms with Crippen molar-refractivity contribution >= 4 is 11.9 Å². The highest BCUT2D eigenvalue weighted by molar-refractivity contribution is 5.98. The van der Waals surface area contributed by atoms with E-state index >= 15 is 0 Å². The van der Waals surface area contributed by atoms with Gasteiger partial charge in [0.15, 0.2) is 0 Å². The molecule has 1 amide bonds. The number of hydrogen-bond acceptors (Lipinski definition) is 3. The van der Waals surface area contributed by atoms with Crippen LogP contribution < -0.4 is 10.1 Å². The van der Waals surface area contributed by atoms with Crippen molar-refractivity contribution in [2.75, 3.05) is 7.11 Å². The Morgan fingerprint density at radius 3 is 2.42 bits per heavy atom. The number of benzene rings is 1. The Hall–Kier alpha value is -2.04. The number of nitrogens with one attached hydrogen (secondary N) is 1. The van der Waals surface area contributed by atoms with Crippen molar-refractivity contribution in [3.8, 4) is 5.75 Å². The van der Waals surface area contributed by atoms with Crippen LogP contribution in [0.2, 0.25) is 0 Å². The standard InChI is InChI=1S/C14H19NO4/c1-4-14(5-2,13(17)18)15-12(16)10-7-6-8-11(9-10)19-3/h6-9H,4-5H2,1-3H3,(H,15,16)(H,17,18). The normalized spacial score (nSPS) is 10.9. The number of ether oxygens (including phenoxy) is 1. The third kappa shape index (κ3) is 3.24. The van der Waals surface area contributed by atoms with Gasteiger partial charge in [-0.25, -0.2) is 4.79 Å². The maximum Gasteiger partial charge on any atom is 0.329 e. The zero-order valence-electron chi connectivity index (χ0n) is 11.4. The number of aliphatic carboxylic acids is 1. The van der Waals surface area contributed by atoms with E-state index in [1.807, 2.05) is 0 Å². The number of amides is 1. The predicted octanol–water partition coefficient (Wildman–Crippen LogP) is 2.07. The summed E-state index contributed by atoms with van der Waals surface area (Å²) in [7, 11) is 1.51. The van der Waals surface area contributed by atoms with Gasteiger partial charge in [0, 0.05) is 5.56 Å². The van der Waals surface area contributed by atoms with Crippen molar-refractivity contribution in [3.05, 3.63) is 29.8 Å². The summed E-state index contributed by atoms with van der Waals surface area (Å²) in [6.07, 6.45) is 0.656. The smallest absolute Gasteiger partial charge is 0.329 e. The summed E-state index contributed by atoms with van der Waals surface area (Å²) in [5.41, 5.74) is -0.841. The van der Waals surface area contributed by atoms with Gasteiger partial charge in [0.2, 0.25) is 0 Å². The summed E-state index contributed by atoms with van der Waals surface area (Å²) in [5.74, 6) is -0.875. The maximum absolute atomic E-state index is 12.1. The minimum atomic E-state index is -1.22. The molecule has 1 aromatic carbocycles. The lowest BCUT2D eigenvalue weighted by Crippen LogP contribution is -2.53. The van der Waals surface area contributed by atoms with Crippen molar-refractivity contribution in [2.45, 2.75) is 32.2 Å². The average Bonchev–Trinajstić information content (AvgIpc) is 2.44. The van der Waals surface area contributed by atoms with Crippen LogP contribution in [0, 0.1) is 0 Å². The summed E-state index contributed by atoms with van der Waals surface area (Å²) in [5, 5.41) is 11.9. The number of hydrogen-bond donors (Lipinski definition) is 2. The number of rotatable bonds is 6. The molecule has 5 heteroatoms. The van der Waals surface area contributed by atoms with E-state index in [-0.39, 0.29) is 0 Å². The Morgan fingerprint density at radius 1 is 1.32 bits per heavy atom. The first-order valence-corrected chi connectivity index (χ1v) is 6.19. The Bertz CT molecular complexity index is 466. The van der Waals surface area contributed by atoms with Crippen LogP contribution in [0.3, 0.4) is 0 Å². The molecule has 1 rings (SSSR count). The molecule has 0 aliphatic heterocycles. The molecule has 0 aromatic heterocycles. The van der Waals surface area contributed by atoms with Gasteiger partial charge >= 0.3 is 5.97 Å². The first-order chi connectivity index (χ1) is 8.99. The third-order valence-electron chi connectivity index (χ3n) is 3.30. The van der Waals surface area contributed by atoms with Gasteiger partial charge < -0.3 is 15.2 Å². The highest BCUT2D eigenvalue weighted by Crippen LogP contribution is 2.18. The first-order valence-electron chi connectivity index (χ1n) is 6.19. The van der Waals surface area contributed by atoms with E-state index in [1.54, 1.807) is 38.1 Å². The Morgan fingerprint density at radius 2 is 1.95 bits per heavy atom. The second-order valence-corrected chi connectivity index (χ2v) is 4.28. The van der Waals surface area contributed by atoms with E-state index in [2.05, 4.69) is 5.32 Å². The van der Waals surface area contributed by atoms with Crippen LogP contribution in [0.15, 0.2) is 24.3 Å². The highest BCUT2D eigenvalue weighted by atomic mass is 16.5. The number of carboxylic acids is 1. The van der Waals surface area contributed by atoms with Gasteiger partial charge in [-0.15, -0.1) is 0 Å². The fraction of sp³-hybridized carbons (Fsp3) is 0.429. The lowest BCUT2D eigenvalue weighted by atomic mass is 9.92. The van der Waals surface area contributed by atoms with Gasteiger partial charge in [-0.05, 0) is 31.0 Å². The number of methoxy groups -OCH3 is 1. The molecule has 19 heavy (non-hydrogen) atoms. The Balaban J connectivity index is 2.97. The number of carbonyl (C=O) groups is 2. The van der Waals surface area contributed by atoms with Crippen molar-refractivity contribution in [3.63, 3.8) is 0 Å². The first kappa shape index (κ1) is 15.0. The summed E-state index contributed by atoms with van der Waals surface area (Å²) < 4.78 is 5.04. The fourth-order valence-corrected chi connectivity index (χ4v) is 1.84. The topological polar surface area (TPSA) is 75.6 Å². The van der Waals surface area contributed by atoms with Crippen molar-refractivity contribution < 1.29 is 19.4 Å². The summed E-state index contributed by atoms with van der Waals surface area (Å²) >= 11 is 0. The molecule has 1 aromatic rings. The SMILES string of the molecule is CCC(CC)(NC(=O)c1cccc(OC)c1)C(=O)O. The van der Waals surface area contributed by atoms with E-state index in [0.29, 0.717) is 24.2 Å². The maximum atomic E-state index is 12.1. The van der Waals surface area contributed by atoms with Gasteiger partial charge in [0.25, 0.3) is 5.91 Å². The average molecular weight is 265 g/mol.